The molecule has 0 spiro atoms. The summed E-state index contributed by atoms with van der Waals surface area (Å²) in [6, 6.07) is 5.90. The topological polar surface area (TPSA) is 66.9 Å². The second-order valence-corrected chi connectivity index (χ2v) is 2.22. The van der Waals surface area contributed by atoms with Crippen molar-refractivity contribution in [3.63, 3.8) is 0 Å². The Morgan fingerprint density at radius 1 is 1.58 bits per heavy atom. The van der Waals surface area contributed by atoms with Gasteiger partial charge in [0.2, 0.25) is 0 Å². The van der Waals surface area contributed by atoms with Gasteiger partial charge >= 0.3 is 0 Å². The van der Waals surface area contributed by atoms with Crippen molar-refractivity contribution >= 4 is 5.69 Å². The van der Waals surface area contributed by atoms with Gasteiger partial charge in [0, 0.05) is 6.07 Å². The third kappa shape index (κ3) is 1.40. The SMILES string of the molecule is [CH2]c1ccc([N+](=O)[O-])c(C#N)c1. The summed E-state index contributed by atoms with van der Waals surface area (Å²) in [4.78, 5) is 9.74. The van der Waals surface area contributed by atoms with Gasteiger partial charge in [0.1, 0.15) is 11.6 Å². The largest absolute Gasteiger partial charge is 0.287 e. The number of hydrogen-bond acceptors (Lipinski definition) is 3. The molecule has 12 heavy (non-hydrogen) atoms. The first kappa shape index (κ1) is 8.21. The molecule has 0 heterocycles. The standard InChI is InChI=1S/C8H5N2O2/c1-6-2-3-8(10(11)12)7(4-6)5-9/h2-4H,1H2. The highest BCUT2D eigenvalue weighted by molar-refractivity contribution is 5.50. The first-order valence-corrected chi connectivity index (χ1v) is 3.15. The molecule has 0 saturated carbocycles. The summed E-state index contributed by atoms with van der Waals surface area (Å²) in [5, 5.41) is 18.8. The fourth-order valence-corrected chi connectivity index (χ4v) is 0.832. The fourth-order valence-electron chi connectivity index (χ4n) is 0.832. The van der Waals surface area contributed by atoms with Crippen molar-refractivity contribution in [2.45, 2.75) is 0 Å². The summed E-state index contributed by atoms with van der Waals surface area (Å²) in [7, 11) is 0. The summed E-state index contributed by atoms with van der Waals surface area (Å²) in [5.41, 5.74) is 0.467. The lowest BCUT2D eigenvalue weighted by Crippen LogP contribution is -1.92. The van der Waals surface area contributed by atoms with Crippen LogP contribution in [0.25, 0.3) is 0 Å². The van der Waals surface area contributed by atoms with Gasteiger partial charge in [-0.3, -0.25) is 10.1 Å². The summed E-state index contributed by atoms with van der Waals surface area (Å²) in [5.74, 6) is 0. The van der Waals surface area contributed by atoms with Crippen molar-refractivity contribution in [2.24, 2.45) is 0 Å². The van der Waals surface area contributed by atoms with E-state index in [-0.39, 0.29) is 11.3 Å². The van der Waals surface area contributed by atoms with Crippen molar-refractivity contribution in [2.75, 3.05) is 0 Å². The maximum atomic E-state index is 10.3. The molecule has 0 aliphatic heterocycles. The van der Waals surface area contributed by atoms with Crippen LogP contribution in [0.1, 0.15) is 11.1 Å². The molecule has 0 N–H and O–H groups in total. The van der Waals surface area contributed by atoms with E-state index in [1.165, 1.54) is 18.2 Å². The molecule has 0 aliphatic carbocycles. The molecule has 1 rings (SSSR count). The molecule has 0 atom stereocenters. The number of rotatable bonds is 1. The Morgan fingerprint density at radius 3 is 2.75 bits per heavy atom. The van der Waals surface area contributed by atoms with Gasteiger partial charge in [0.25, 0.3) is 5.69 Å². The Balaban J connectivity index is 3.32. The van der Waals surface area contributed by atoms with Gasteiger partial charge in [-0.2, -0.15) is 5.26 Å². The van der Waals surface area contributed by atoms with Gasteiger partial charge in [0.05, 0.1) is 4.92 Å². The van der Waals surface area contributed by atoms with Crippen LogP contribution in [0.15, 0.2) is 18.2 Å². The molecule has 0 bridgehead atoms. The van der Waals surface area contributed by atoms with E-state index in [9.17, 15) is 10.1 Å². The second-order valence-electron chi connectivity index (χ2n) is 2.22. The van der Waals surface area contributed by atoms with Crippen molar-refractivity contribution in [3.8, 4) is 6.07 Å². The second kappa shape index (κ2) is 3.01. The van der Waals surface area contributed by atoms with Crippen LogP contribution in [0.3, 0.4) is 0 Å². The minimum Gasteiger partial charge on any atom is -0.258 e. The lowest BCUT2D eigenvalue weighted by molar-refractivity contribution is -0.385. The number of nitrogens with zero attached hydrogens (tertiary/aromatic N) is 2. The Labute approximate surface area is 69.2 Å². The van der Waals surface area contributed by atoms with Gasteiger partial charge in [0.15, 0.2) is 0 Å². The molecule has 0 amide bonds. The number of benzene rings is 1. The molecule has 1 aromatic carbocycles. The van der Waals surface area contributed by atoms with E-state index in [1.54, 1.807) is 6.07 Å². The number of hydrogen-bond donors (Lipinski definition) is 0. The number of nitro groups is 1. The maximum absolute atomic E-state index is 10.3. The molecule has 4 nitrogen and oxygen atoms in total. The molecule has 1 aromatic rings. The Bertz CT molecular complexity index is 366. The van der Waals surface area contributed by atoms with Gasteiger partial charge in [-0.1, -0.05) is 6.07 Å². The minimum absolute atomic E-state index is 0.0486. The molecule has 0 fully saturated rings. The van der Waals surface area contributed by atoms with Crippen LogP contribution >= 0.6 is 0 Å². The molecule has 0 saturated heterocycles. The Morgan fingerprint density at radius 2 is 2.25 bits per heavy atom. The normalized spacial score (nSPS) is 9.00. The third-order valence-corrected chi connectivity index (χ3v) is 1.38. The van der Waals surface area contributed by atoms with E-state index < -0.39 is 4.92 Å². The monoisotopic (exact) mass is 161 g/mol. The Hall–Kier alpha value is -1.89. The van der Waals surface area contributed by atoms with Gasteiger partial charge in [-0.05, 0) is 18.6 Å². The van der Waals surface area contributed by atoms with Gasteiger partial charge in [-0.25, -0.2) is 0 Å². The smallest absolute Gasteiger partial charge is 0.258 e. The summed E-state index contributed by atoms with van der Waals surface area (Å²) < 4.78 is 0. The molecule has 1 radical (unpaired) electrons. The maximum Gasteiger partial charge on any atom is 0.287 e. The molecular weight excluding hydrogens is 156 g/mol. The highest BCUT2D eigenvalue weighted by Crippen LogP contribution is 2.18. The lowest BCUT2D eigenvalue weighted by Gasteiger charge is -1.94. The molecular formula is C8H5N2O2. The van der Waals surface area contributed by atoms with Crippen LogP contribution in [-0.2, 0) is 0 Å². The molecule has 4 heteroatoms. The van der Waals surface area contributed by atoms with Crippen LogP contribution in [0.5, 0.6) is 0 Å². The first-order valence-electron chi connectivity index (χ1n) is 3.15. The van der Waals surface area contributed by atoms with Crippen LogP contribution in [0.2, 0.25) is 0 Å². The van der Waals surface area contributed by atoms with Crippen molar-refractivity contribution < 1.29 is 4.92 Å². The van der Waals surface area contributed by atoms with Crippen LogP contribution < -0.4 is 0 Å². The molecule has 0 unspecified atom stereocenters. The highest BCUT2D eigenvalue weighted by Gasteiger charge is 2.11. The zero-order valence-corrected chi connectivity index (χ0v) is 6.15. The van der Waals surface area contributed by atoms with Crippen LogP contribution in [-0.4, -0.2) is 4.92 Å². The molecule has 59 valence electrons. The molecule has 0 aromatic heterocycles. The zero-order valence-electron chi connectivity index (χ0n) is 6.15. The van der Waals surface area contributed by atoms with Gasteiger partial charge < -0.3 is 0 Å². The summed E-state index contributed by atoms with van der Waals surface area (Å²) in [6.07, 6.45) is 0. The quantitative estimate of drug-likeness (QED) is 0.464. The van der Waals surface area contributed by atoms with Gasteiger partial charge in [-0.15, -0.1) is 0 Å². The van der Waals surface area contributed by atoms with Crippen LogP contribution in [0, 0.1) is 28.4 Å². The van der Waals surface area contributed by atoms with E-state index in [4.69, 9.17) is 5.26 Å². The van der Waals surface area contributed by atoms with Crippen LogP contribution in [0.4, 0.5) is 5.69 Å². The average molecular weight is 161 g/mol. The lowest BCUT2D eigenvalue weighted by atomic mass is 10.1. The number of nitriles is 1. The van der Waals surface area contributed by atoms with E-state index in [1.807, 2.05) is 0 Å². The molecule has 0 aliphatic rings. The summed E-state index contributed by atoms with van der Waals surface area (Å²) >= 11 is 0. The van der Waals surface area contributed by atoms with E-state index >= 15 is 0 Å². The van der Waals surface area contributed by atoms with Crippen molar-refractivity contribution in [1.82, 2.24) is 0 Å². The van der Waals surface area contributed by atoms with E-state index in [0.717, 1.165) is 0 Å². The van der Waals surface area contributed by atoms with Crippen molar-refractivity contribution in [3.05, 3.63) is 46.4 Å². The third-order valence-electron chi connectivity index (χ3n) is 1.38. The fraction of sp³-hybridized carbons (Fsp3) is 0. The van der Waals surface area contributed by atoms with Crippen molar-refractivity contribution in [1.29, 1.82) is 5.26 Å². The average Bonchev–Trinajstić information content (AvgIpc) is 2.03. The summed E-state index contributed by atoms with van der Waals surface area (Å²) in [6.45, 7) is 3.56. The minimum atomic E-state index is -0.585. The highest BCUT2D eigenvalue weighted by atomic mass is 16.6. The first-order chi connectivity index (χ1) is 5.65. The predicted octanol–water partition coefficient (Wildman–Crippen LogP) is 1.65. The van der Waals surface area contributed by atoms with E-state index in [2.05, 4.69) is 6.92 Å². The number of nitro benzene ring substituents is 1. The Kier molecular flexibility index (Phi) is 2.06. The zero-order chi connectivity index (χ0) is 9.14. The van der Waals surface area contributed by atoms with E-state index in [0.29, 0.717) is 5.56 Å². The predicted molar refractivity (Wildman–Crippen MR) is 42.3 cm³/mol.